The molecule has 1 saturated heterocycles. The molecule has 1 atom stereocenters. The molecule has 8 heteroatoms. The van der Waals surface area contributed by atoms with Gasteiger partial charge in [0, 0.05) is 29.9 Å². The van der Waals surface area contributed by atoms with Crippen LogP contribution in [-0.4, -0.2) is 56.6 Å². The van der Waals surface area contributed by atoms with Crippen molar-refractivity contribution in [1.29, 1.82) is 0 Å². The van der Waals surface area contributed by atoms with Crippen LogP contribution in [0.1, 0.15) is 36.9 Å². The van der Waals surface area contributed by atoms with E-state index in [4.69, 9.17) is 11.2 Å². The summed E-state index contributed by atoms with van der Waals surface area (Å²) in [7, 11) is 1.71. The number of methoxy groups -OCH3 is 1. The van der Waals surface area contributed by atoms with Crippen LogP contribution >= 0.6 is 24.0 Å². The average Bonchev–Trinajstić information content (AvgIpc) is 3.37. The van der Waals surface area contributed by atoms with E-state index in [0.717, 1.165) is 30.0 Å². The summed E-state index contributed by atoms with van der Waals surface area (Å²) >= 11 is 0. The van der Waals surface area contributed by atoms with E-state index in [1.165, 1.54) is 12.8 Å². The number of carbonyl (C=O) groups is 1. The largest absolute Gasteiger partial charge is 0.496 e. The minimum Gasteiger partial charge on any atom is -0.496 e. The number of likely N-dealkylation sites (tertiary alicyclic amines) is 1. The number of amides is 1. The molecule has 1 fully saturated rings. The SMILES string of the molecule is C#Cc1cccc(NC(=O)CN=C(NCC)NCC(c2ccccc2OC)N2CCCC2)c1.I. The number of ether oxygens (including phenoxy) is 1. The van der Waals surface area contributed by atoms with E-state index in [-0.39, 0.29) is 42.5 Å². The Bertz CT molecular complexity index is 999. The molecule has 0 aliphatic carbocycles. The second-order valence-electron chi connectivity index (χ2n) is 7.85. The first kappa shape index (κ1) is 27.5. The van der Waals surface area contributed by atoms with E-state index in [1.54, 1.807) is 19.2 Å². The summed E-state index contributed by atoms with van der Waals surface area (Å²) in [4.78, 5) is 19.4. The van der Waals surface area contributed by atoms with Gasteiger partial charge in [-0.15, -0.1) is 30.4 Å². The summed E-state index contributed by atoms with van der Waals surface area (Å²) in [6, 6.07) is 15.5. The number of para-hydroxylation sites is 1. The van der Waals surface area contributed by atoms with Crippen molar-refractivity contribution in [3.8, 4) is 18.1 Å². The molecule has 7 nitrogen and oxygen atoms in total. The third-order valence-electron chi connectivity index (χ3n) is 5.58. The highest BCUT2D eigenvalue weighted by Crippen LogP contribution is 2.31. The standard InChI is InChI=1S/C26H33N5O2.HI/c1-4-20-11-10-12-21(17-20)30-25(32)19-29-26(27-5-2)28-18-23(31-15-8-9-16-31)22-13-6-7-14-24(22)33-3;/h1,6-7,10-14,17,23H,5,8-9,15-16,18-19H2,2-3H3,(H,30,32)(H2,27,28,29);1H. The highest BCUT2D eigenvalue weighted by Gasteiger charge is 2.26. The van der Waals surface area contributed by atoms with Gasteiger partial charge in [0.05, 0.1) is 13.2 Å². The molecule has 1 amide bonds. The first-order valence-corrected chi connectivity index (χ1v) is 11.4. The molecule has 1 unspecified atom stereocenters. The maximum absolute atomic E-state index is 12.4. The Balaban J connectivity index is 0.00000408. The first-order valence-electron chi connectivity index (χ1n) is 11.4. The number of aliphatic imine (C=N–C) groups is 1. The minimum atomic E-state index is -0.206. The molecule has 3 N–H and O–H groups in total. The first-order chi connectivity index (χ1) is 16.1. The van der Waals surface area contributed by atoms with Crippen LogP contribution in [0.4, 0.5) is 5.69 Å². The van der Waals surface area contributed by atoms with Crippen molar-refractivity contribution >= 4 is 41.5 Å². The van der Waals surface area contributed by atoms with Crippen molar-refractivity contribution in [2.24, 2.45) is 4.99 Å². The zero-order chi connectivity index (χ0) is 23.5. The lowest BCUT2D eigenvalue weighted by atomic mass is 10.0. The Morgan fingerprint density at radius 1 is 1.18 bits per heavy atom. The van der Waals surface area contributed by atoms with Gasteiger partial charge in [-0.05, 0) is 57.1 Å². The van der Waals surface area contributed by atoms with E-state index in [0.29, 0.717) is 24.7 Å². The fraction of sp³-hybridized carbons (Fsp3) is 0.385. The van der Waals surface area contributed by atoms with Gasteiger partial charge < -0.3 is 20.7 Å². The molecule has 1 aliphatic heterocycles. The zero-order valence-corrected chi connectivity index (χ0v) is 22.2. The number of nitrogens with zero attached hydrogens (tertiary/aromatic N) is 2. The van der Waals surface area contributed by atoms with Crippen molar-refractivity contribution in [1.82, 2.24) is 15.5 Å². The number of anilines is 1. The second kappa shape index (κ2) is 14.5. The lowest BCUT2D eigenvalue weighted by Gasteiger charge is -2.30. The summed E-state index contributed by atoms with van der Waals surface area (Å²) in [6.45, 7) is 5.45. The predicted molar refractivity (Wildman–Crippen MR) is 149 cm³/mol. The fourth-order valence-corrected chi connectivity index (χ4v) is 4.00. The topological polar surface area (TPSA) is 78.0 Å². The smallest absolute Gasteiger partial charge is 0.246 e. The van der Waals surface area contributed by atoms with Crippen LogP contribution in [0.2, 0.25) is 0 Å². The second-order valence-corrected chi connectivity index (χ2v) is 7.85. The van der Waals surface area contributed by atoms with Gasteiger partial charge in [0.2, 0.25) is 5.91 Å². The van der Waals surface area contributed by atoms with Crippen molar-refractivity contribution in [3.63, 3.8) is 0 Å². The number of hydrogen-bond acceptors (Lipinski definition) is 4. The Kier molecular flexibility index (Phi) is 11.7. The molecule has 34 heavy (non-hydrogen) atoms. The quantitative estimate of drug-likeness (QED) is 0.184. The monoisotopic (exact) mass is 575 g/mol. The van der Waals surface area contributed by atoms with Crippen LogP contribution < -0.4 is 20.7 Å². The number of terminal acetylenes is 1. The van der Waals surface area contributed by atoms with Gasteiger partial charge >= 0.3 is 0 Å². The lowest BCUT2D eigenvalue weighted by Crippen LogP contribution is -2.43. The molecule has 0 aromatic heterocycles. The highest BCUT2D eigenvalue weighted by atomic mass is 127. The molecule has 1 heterocycles. The van der Waals surface area contributed by atoms with Gasteiger partial charge in [0.15, 0.2) is 5.96 Å². The zero-order valence-electron chi connectivity index (χ0n) is 19.8. The van der Waals surface area contributed by atoms with Gasteiger partial charge in [0.25, 0.3) is 0 Å². The number of carbonyl (C=O) groups excluding carboxylic acids is 1. The number of hydrogen-bond donors (Lipinski definition) is 3. The van der Waals surface area contributed by atoms with Crippen molar-refractivity contribution < 1.29 is 9.53 Å². The van der Waals surface area contributed by atoms with Gasteiger partial charge in [0.1, 0.15) is 12.3 Å². The third kappa shape index (κ3) is 7.92. The van der Waals surface area contributed by atoms with Crippen molar-refractivity contribution in [2.75, 3.05) is 45.2 Å². The van der Waals surface area contributed by atoms with E-state index < -0.39 is 0 Å². The Morgan fingerprint density at radius 2 is 1.94 bits per heavy atom. The molecule has 0 spiro atoms. The number of rotatable bonds is 9. The summed E-state index contributed by atoms with van der Waals surface area (Å²) in [5.74, 6) is 3.84. The summed E-state index contributed by atoms with van der Waals surface area (Å²) in [6.07, 6.45) is 7.82. The predicted octanol–water partition coefficient (Wildman–Crippen LogP) is 3.63. The van der Waals surface area contributed by atoms with E-state index in [9.17, 15) is 4.79 Å². The van der Waals surface area contributed by atoms with Gasteiger partial charge in [-0.3, -0.25) is 9.69 Å². The third-order valence-corrected chi connectivity index (χ3v) is 5.58. The fourth-order valence-electron chi connectivity index (χ4n) is 4.00. The van der Waals surface area contributed by atoms with Crippen LogP contribution in [-0.2, 0) is 4.79 Å². The molecular weight excluding hydrogens is 541 g/mol. The maximum atomic E-state index is 12.4. The number of nitrogens with one attached hydrogen (secondary N) is 3. The molecule has 2 aromatic carbocycles. The Labute approximate surface area is 219 Å². The maximum Gasteiger partial charge on any atom is 0.246 e. The number of halogens is 1. The highest BCUT2D eigenvalue weighted by molar-refractivity contribution is 14.0. The molecule has 0 radical (unpaired) electrons. The Hall–Kier alpha value is -2.77. The summed E-state index contributed by atoms with van der Waals surface area (Å²) in [5, 5.41) is 9.49. The number of benzene rings is 2. The van der Waals surface area contributed by atoms with E-state index in [1.807, 2.05) is 37.3 Å². The van der Waals surface area contributed by atoms with Crippen molar-refractivity contribution in [2.45, 2.75) is 25.8 Å². The molecule has 182 valence electrons. The number of guanidine groups is 1. The van der Waals surface area contributed by atoms with Gasteiger partial charge in [-0.25, -0.2) is 4.99 Å². The van der Waals surface area contributed by atoms with Crippen LogP contribution in [0.25, 0.3) is 0 Å². The molecule has 3 rings (SSSR count). The minimum absolute atomic E-state index is 0. The van der Waals surface area contributed by atoms with Crippen LogP contribution in [0.3, 0.4) is 0 Å². The molecule has 0 saturated carbocycles. The summed E-state index contributed by atoms with van der Waals surface area (Å²) in [5.41, 5.74) is 2.53. The lowest BCUT2D eigenvalue weighted by molar-refractivity contribution is -0.114. The molecule has 0 bridgehead atoms. The normalized spacial score (nSPS) is 14.4. The van der Waals surface area contributed by atoms with E-state index >= 15 is 0 Å². The van der Waals surface area contributed by atoms with E-state index in [2.05, 4.69) is 37.8 Å². The molecule has 2 aromatic rings. The summed E-state index contributed by atoms with van der Waals surface area (Å²) < 4.78 is 5.63. The van der Waals surface area contributed by atoms with Gasteiger partial charge in [-0.1, -0.05) is 30.2 Å². The molecular formula is C26H34IN5O2. The average molecular weight is 575 g/mol. The van der Waals surface area contributed by atoms with Gasteiger partial charge in [-0.2, -0.15) is 0 Å². The van der Waals surface area contributed by atoms with Crippen molar-refractivity contribution in [3.05, 3.63) is 59.7 Å². The Morgan fingerprint density at radius 3 is 2.65 bits per heavy atom. The van der Waals surface area contributed by atoms with Crippen LogP contribution in [0.15, 0.2) is 53.5 Å². The molecule has 1 aliphatic rings. The van der Waals surface area contributed by atoms with Crippen LogP contribution in [0, 0.1) is 12.3 Å². The van der Waals surface area contributed by atoms with Crippen LogP contribution in [0.5, 0.6) is 5.75 Å².